The molecule has 0 aliphatic rings. The molecule has 1 heterocycles. The van der Waals surface area contributed by atoms with Crippen LogP contribution in [0.5, 0.6) is 5.75 Å². The van der Waals surface area contributed by atoms with Gasteiger partial charge in [-0.15, -0.1) is 0 Å². The highest BCUT2D eigenvalue weighted by molar-refractivity contribution is 6.04. The number of methoxy groups -OCH3 is 1. The van der Waals surface area contributed by atoms with E-state index < -0.39 is 0 Å². The van der Waals surface area contributed by atoms with Crippen LogP contribution in [0, 0.1) is 0 Å². The molecule has 0 saturated carbocycles. The monoisotopic (exact) mass is 232 g/mol. The van der Waals surface area contributed by atoms with Gasteiger partial charge in [-0.3, -0.25) is 9.89 Å². The second-order valence-electron chi connectivity index (χ2n) is 3.38. The van der Waals surface area contributed by atoms with Crippen LogP contribution >= 0.6 is 0 Å². The Morgan fingerprint density at radius 1 is 1.47 bits per heavy atom. The topological polar surface area (TPSA) is 93.0 Å². The number of carbonyl (C=O) groups excluding carboxylic acids is 1. The predicted octanol–water partition coefficient (Wildman–Crippen LogP) is 1.25. The first-order valence-electron chi connectivity index (χ1n) is 4.95. The molecule has 1 aromatic heterocycles. The van der Waals surface area contributed by atoms with Gasteiger partial charge in [0, 0.05) is 11.6 Å². The summed E-state index contributed by atoms with van der Waals surface area (Å²) in [4.78, 5) is 11.8. The molecule has 0 radical (unpaired) electrons. The lowest BCUT2D eigenvalue weighted by Gasteiger charge is -2.07. The second-order valence-corrected chi connectivity index (χ2v) is 3.38. The number of rotatable bonds is 3. The highest BCUT2D eigenvalue weighted by atomic mass is 16.5. The quantitative estimate of drug-likeness (QED) is 0.694. The Morgan fingerprint density at radius 2 is 2.29 bits per heavy atom. The number of carbonyl (C=O) groups is 1. The van der Waals surface area contributed by atoms with Crippen LogP contribution in [-0.2, 0) is 0 Å². The molecule has 2 aromatic rings. The highest BCUT2D eigenvalue weighted by Gasteiger charge is 2.09. The van der Waals surface area contributed by atoms with E-state index in [1.807, 2.05) is 0 Å². The fourth-order valence-corrected chi connectivity index (χ4v) is 1.40. The van der Waals surface area contributed by atoms with Crippen LogP contribution in [0.4, 0.5) is 11.5 Å². The van der Waals surface area contributed by atoms with Gasteiger partial charge in [0.1, 0.15) is 11.6 Å². The first-order valence-corrected chi connectivity index (χ1v) is 4.95. The lowest BCUT2D eigenvalue weighted by molar-refractivity contribution is 0.102. The van der Waals surface area contributed by atoms with Crippen molar-refractivity contribution in [3.63, 3.8) is 0 Å². The molecular formula is C11H12N4O2. The summed E-state index contributed by atoms with van der Waals surface area (Å²) >= 11 is 0. The lowest BCUT2D eigenvalue weighted by atomic mass is 10.2. The Bertz CT molecular complexity index is 522. The summed E-state index contributed by atoms with van der Waals surface area (Å²) in [5.41, 5.74) is 6.60. The lowest BCUT2D eigenvalue weighted by Crippen LogP contribution is -2.12. The zero-order chi connectivity index (χ0) is 12.3. The first kappa shape index (κ1) is 11.0. The number of aromatic amines is 1. The zero-order valence-corrected chi connectivity index (χ0v) is 9.23. The number of nitrogens with zero attached hydrogens (tertiary/aromatic N) is 1. The van der Waals surface area contributed by atoms with E-state index in [1.54, 1.807) is 30.5 Å². The minimum absolute atomic E-state index is 0.261. The third kappa shape index (κ3) is 2.36. The van der Waals surface area contributed by atoms with Crippen LogP contribution in [0.3, 0.4) is 0 Å². The van der Waals surface area contributed by atoms with Crippen molar-refractivity contribution in [2.75, 3.05) is 18.2 Å². The van der Waals surface area contributed by atoms with Gasteiger partial charge in [0.25, 0.3) is 5.91 Å². The third-order valence-corrected chi connectivity index (χ3v) is 2.24. The SMILES string of the molecule is COc1ccc(C(=O)Nc2ccn[nH]2)cc1N. The van der Waals surface area contributed by atoms with Crippen LogP contribution in [-0.4, -0.2) is 23.2 Å². The Hall–Kier alpha value is -2.50. The molecule has 0 spiro atoms. The molecule has 17 heavy (non-hydrogen) atoms. The maximum absolute atomic E-state index is 11.8. The molecule has 0 aliphatic carbocycles. The zero-order valence-electron chi connectivity index (χ0n) is 9.23. The number of H-pyrrole nitrogens is 1. The van der Waals surface area contributed by atoms with Crippen LogP contribution in [0.2, 0.25) is 0 Å². The van der Waals surface area contributed by atoms with Crippen molar-refractivity contribution < 1.29 is 9.53 Å². The van der Waals surface area contributed by atoms with Gasteiger partial charge >= 0.3 is 0 Å². The minimum Gasteiger partial charge on any atom is -0.495 e. The molecule has 0 aliphatic heterocycles. The summed E-state index contributed by atoms with van der Waals surface area (Å²) < 4.78 is 5.01. The van der Waals surface area contributed by atoms with Crippen molar-refractivity contribution in [3.05, 3.63) is 36.0 Å². The van der Waals surface area contributed by atoms with E-state index in [0.29, 0.717) is 22.8 Å². The van der Waals surface area contributed by atoms with Gasteiger partial charge in [-0.05, 0) is 18.2 Å². The smallest absolute Gasteiger partial charge is 0.256 e. The molecule has 0 bridgehead atoms. The summed E-state index contributed by atoms with van der Waals surface area (Å²) in [6, 6.07) is 6.51. The number of benzene rings is 1. The number of amides is 1. The maximum atomic E-state index is 11.8. The number of nitrogen functional groups attached to an aromatic ring is 1. The molecule has 0 unspecified atom stereocenters. The maximum Gasteiger partial charge on any atom is 0.256 e. The summed E-state index contributed by atoms with van der Waals surface area (Å²) in [5.74, 6) is 0.816. The summed E-state index contributed by atoms with van der Waals surface area (Å²) in [6.07, 6.45) is 1.55. The highest BCUT2D eigenvalue weighted by Crippen LogP contribution is 2.22. The average molecular weight is 232 g/mol. The molecule has 2 rings (SSSR count). The molecule has 0 saturated heterocycles. The molecule has 88 valence electrons. The van der Waals surface area contributed by atoms with Crippen molar-refractivity contribution in [2.45, 2.75) is 0 Å². The van der Waals surface area contributed by atoms with Crippen LogP contribution in [0.1, 0.15) is 10.4 Å². The van der Waals surface area contributed by atoms with E-state index in [-0.39, 0.29) is 5.91 Å². The number of nitrogens with two attached hydrogens (primary N) is 1. The van der Waals surface area contributed by atoms with Gasteiger partial charge < -0.3 is 15.8 Å². The van der Waals surface area contributed by atoms with Gasteiger partial charge in [-0.2, -0.15) is 5.10 Å². The largest absolute Gasteiger partial charge is 0.495 e. The Kier molecular flexibility index (Phi) is 2.95. The molecular weight excluding hydrogens is 220 g/mol. The standard InChI is InChI=1S/C11H12N4O2/c1-17-9-3-2-7(6-8(9)12)11(16)14-10-4-5-13-15-10/h2-6H,12H2,1H3,(H2,13,14,15,16). The number of anilines is 2. The molecule has 0 fully saturated rings. The van der Waals surface area contributed by atoms with Gasteiger partial charge in [0.05, 0.1) is 19.0 Å². The average Bonchev–Trinajstić information content (AvgIpc) is 2.81. The molecule has 1 amide bonds. The molecule has 1 aromatic carbocycles. The van der Waals surface area contributed by atoms with Crippen molar-refractivity contribution in [3.8, 4) is 5.75 Å². The normalized spacial score (nSPS) is 9.94. The Labute approximate surface area is 97.8 Å². The van der Waals surface area contributed by atoms with E-state index in [0.717, 1.165) is 0 Å². The van der Waals surface area contributed by atoms with Crippen LogP contribution in [0.25, 0.3) is 0 Å². The van der Waals surface area contributed by atoms with Crippen molar-refractivity contribution in [1.29, 1.82) is 0 Å². The number of aromatic nitrogens is 2. The summed E-state index contributed by atoms with van der Waals surface area (Å²) in [5, 5.41) is 9.02. The Morgan fingerprint density at radius 3 is 2.88 bits per heavy atom. The van der Waals surface area contributed by atoms with Crippen molar-refractivity contribution >= 4 is 17.4 Å². The second kappa shape index (κ2) is 4.56. The molecule has 0 atom stereocenters. The molecule has 6 heteroatoms. The van der Waals surface area contributed by atoms with E-state index in [4.69, 9.17) is 10.5 Å². The fraction of sp³-hybridized carbons (Fsp3) is 0.0909. The number of hydrogen-bond acceptors (Lipinski definition) is 4. The van der Waals surface area contributed by atoms with Gasteiger partial charge in [0.15, 0.2) is 0 Å². The fourth-order valence-electron chi connectivity index (χ4n) is 1.40. The minimum atomic E-state index is -0.261. The van der Waals surface area contributed by atoms with Crippen LogP contribution in [0.15, 0.2) is 30.5 Å². The van der Waals surface area contributed by atoms with Crippen molar-refractivity contribution in [2.24, 2.45) is 0 Å². The molecule has 4 N–H and O–H groups in total. The van der Waals surface area contributed by atoms with Gasteiger partial charge in [-0.25, -0.2) is 0 Å². The van der Waals surface area contributed by atoms with E-state index in [2.05, 4.69) is 15.5 Å². The number of nitrogens with one attached hydrogen (secondary N) is 2. The van der Waals surface area contributed by atoms with Crippen molar-refractivity contribution in [1.82, 2.24) is 10.2 Å². The number of hydrogen-bond donors (Lipinski definition) is 3. The molecule has 6 nitrogen and oxygen atoms in total. The predicted molar refractivity (Wildman–Crippen MR) is 63.9 cm³/mol. The van der Waals surface area contributed by atoms with E-state index >= 15 is 0 Å². The Balaban J connectivity index is 2.17. The summed E-state index contributed by atoms with van der Waals surface area (Å²) in [6.45, 7) is 0. The van der Waals surface area contributed by atoms with Gasteiger partial charge in [0.2, 0.25) is 0 Å². The van der Waals surface area contributed by atoms with Crippen LogP contribution < -0.4 is 15.8 Å². The number of ether oxygens (including phenoxy) is 1. The first-order chi connectivity index (χ1) is 8.20. The van der Waals surface area contributed by atoms with E-state index in [1.165, 1.54) is 7.11 Å². The van der Waals surface area contributed by atoms with Gasteiger partial charge in [-0.1, -0.05) is 0 Å². The van der Waals surface area contributed by atoms with E-state index in [9.17, 15) is 4.79 Å². The third-order valence-electron chi connectivity index (χ3n) is 2.24. The summed E-state index contributed by atoms with van der Waals surface area (Å²) in [7, 11) is 1.52.